The molecule has 0 rings (SSSR count). The minimum Gasteiger partial charge on any atom is -0.464 e. The molecule has 0 heterocycles. The van der Waals surface area contributed by atoms with Crippen molar-refractivity contribution in [2.24, 2.45) is 0 Å². The molecule has 0 aromatic carbocycles. The van der Waals surface area contributed by atoms with Crippen LogP contribution < -0.4 is 0 Å². The highest BCUT2D eigenvalue weighted by Gasteiger charge is 2.17. The Morgan fingerprint density at radius 3 is 2.48 bits per heavy atom. The lowest BCUT2D eigenvalue weighted by molar-refractivity contribution is -0.157. The van der Waals surface area contributed by atoms with Crippen molar-refractivity contribution in [2.75, 3.05) is 18.5 Å². The lowest BCUT2D eigenvalue weighted by Gasteiger charge is -2.14. The van der Waals surface area contributed by atoms with Gasteiger partial charge in [-0.3, -0.25) is 0 Å². The van der Waals surface area contributed by atoms with Crippen LogP contribution in [0.4, 0.5) is 0 Å². The van der Waals surface area contributed by atoms with Gasteiger partial charge < -0.3 is 9.47 Å². The average Bonchev–Trinajstić information content (AvgIpc) is 2.49. The number of unbranched alkanes of at least 4 members (excludes halogenated alkanes) is 4. The van der Waals surface area contributed by atoms with Crippen LogP contribution >= 0.6 is 15.9 Å². The number of carbonyl (C=O) groups excluding carboxylic acids is 1. The van der Waals surface area contributed by atoms with Crippen LogP contribution in [0, 0.1) is 11.8 Å². The topological polar surface area (TPSA) is 35.5 Å². The van der Waals surface area contributed by atoms with E-state index in [1.54, 1.807) is 0 Å². The molecule has 0 spiro atoms. The zero-order valence-corrected chi connectivity index (χ0v) is 15.0. The first-order valence-electron chi connectivity index (χ1n) is 8.06. The summed E-state index contributed by atoms with van der Waals surface area (Å²) in [5.41, 5.74) is 0. The molecule has 0 radical (unpaired) electrons. The van der Waals surface area contributed by atoms with E-state index in [1.807, 2.05) is 6.92 Å². The van der Waals surface area contributed by atoms with E-state index < -0.39 is 6.10 Å². The highest BCUT2D eigenvalue weighted by atomic mass is 79.9. The Bertz CT molecular complexity index is 307. The van der Waals surface area contributed by atoms with E-state index in [4.69, 9.17) is 9.47 Å². The number of ether oxygens (including phenoxy) is 2. The maximum Gasteiger partial charge on any atom is 0.335 e. The molecule has 0 aliphatic heterocycles. The van der Waals surface area contributed by atoms with Gasteiger partial charge in [0, 0.05) is 18.2 Å². The molecule has 122 valence electrons. The standard InChI is InChI=1S/C17H29BrO3/c1-3-5-6-7-8-11-14-20-16(4-2)17(19)21-15-12-9-10-13-18/h16H,3-6,9-15H2,1-2H3. The van der Waals surface area contributed by atoms with Crippen molar-refractivity contribution >= 4 is 21.9 Å². The zero-order chi connectivity index (χ0) is 15.8. The molecule has 4 heteroatoms. The number of esters is 1. The first-order valence-corrected chi connectivity index (χ1v) is 9.18. The number of carbonyl (C=O) groups is 1. The molecule has 0 N–H and O–H groups in total. The molecule has 1 unspecified atom stereocenters. The molecule has 0 amide bonds. The van der Waals surface area contributed by atoms with E-state index in [0.717, 1.165) is 37.4 Å². The van der Waals surface area contributed by atoms with E-state index in [0.29, 0.717) is 26.1 Å². The minimum atomic E-state index is -0.446. The Kier molecular flexibility index (Phi) is 15.5. The zero-order valence-electron chi connectivity index (χ0n) is 13.5. The summed E-state index contributed by atoms with van der Waals surface area (Å²) in [5.74, 6) is 5.94. The molecular formula is C17H29BrO3. The number of rotatable bonds is 12. The molecule has 0 aromatic rings. The summed E-state index contributed by atoms with van der Waals surface area (Å²) in [7, 11) is 0. The minimum absolute atomic E-state index is 0.240. The van der Waals surface area contributed by atoms with Gasteiger partial charge in [0.15, 0.2) is 6.10 Å². The fourth-order valence-electron chi connectivity index (χ4n) is 1.69. The van der Waals surface area contributed by atoms with Gasteiger partial charge in [0.2, 0.25) is 0 Å². The number of halogens is 1. The van der Waals surface area contributed by atoms with E-state index in [9.17, 15) is 4.79 Å². The van der Waals surface area contributed by atoms with Gasteiger partial charge in [-0.05, 0) is 32.1 Å². The van der Waals surface area contributed by atoms with Crippen LogP contribution in [-0.2, 0) is 14.3 Å². The summed E-state index contributed by atoms with van der Waals surface area (Å²) < 4.78 is 10.8. The molecule has 3 nitrogen and oxygen atoms in total. The average molecular weight is 361 g/mol. The van der Waals surface area contributed by atoms with Gasteiger partial charge in [-0.15, -0.1) is 11.8 Å². The predicted molar refractivity (Wildman–Crippen MR) is 90.6 cm³/mol. The maximum atomic E-state index is 11.8. The second-order valence-electron chi connectivity index (χ2n) is 4.89. The van der Waals surface area contributed by atoms with Gasteiger partial charge in [-0.1, -0.05) is 36.2 Å². The highest BCUT2D eigenvalue weighted by Crippen LogP contribution is 2.04. The van der Waals surface area contributed by atoms with Crippen LogP contribution in [-0.4, -0.2) is 30.6 Å². The van der Waals surface area contributed by atoms with E-state index in [2.05, 4.69) is 34.7 Å². The third-order valence-corrected chi connectivity index (χ3v) is 3.54. The first-order chi connectivity index (χ1) is 10.3. The lowest BCUT2D eigenvalue weighted by Crippen LogP contribution is -2.26. The molecule has 0 bridgehead atoms. The smallest absolute Gasteiger partial charge is 0.335 e. The van der Waals surface area contributed by atoms with Crippen molar-refractivity contribution in [1.29, 1.82) is 0 Å². The second kappa shape index (κ2) is 15.9. The summed E-state index contributed by atoms with van der Waals surface area (Å²) in [5, 5.41) is 1.00. The molecule has 0 aromatic heterocycles. The van der Waals surface area contributed by atoms with E-state index in [1.165, 1.54) is 6.42 Å². The number of hydrogen-bond acceptors (Lipinski definition) is 3. The third kappa shape index (κ3) is 12.9. The molecule has 0 saturated heterocycles. The van der Waals surface area contributed by atoms with Crippen LogP contribution in [0.3, 0.4) is 0 Å². The van der Waals surface area contributed by atoms with Gasteiger partial charge in [0.1, 0.15) is 0 Å². The first kappa shape index (κ1) is 20.5. The van der Waals surface area contributed by atoms with Crippen LogP contribution in [0.2, 0.25) is 0 Å². The molecule has 0 aliphatic carbocycles. The molecule has 0 saturated carbocycles. The maximum absolute atomic E-state index is 11.8. The summed E-state index contributed by atoms with van der Waals surface area (Å²) in [4.78, 5) is 11.8. The van der Waals surface area contributed by atoms with Gasteiger partial charge in [0.25, 0.3) is 0 Å². The predicted octanol–water partition coefficient (Wildman–Crippen LogP) is 4.47. The van der Waals surface area contributed by atoms with Crippen molar-refractivity contribution in [3.63, 3.8) is 0 Å². The van der Waals surface area contributed by atoms with Crippen LogP contribution in [0.1, 0.15) is 65.2 Å². The summed E-state index contributed by atoms with van der Waals surface area (Å²) in [6.45, 7) is 5.07. The quantitative estimate of drug-likeness (QED) is 0.223. The van der Waals surface area contributed by atoms with Crippen molar-refractivity contribution in [3.05, 3.63) is 0 Å². The SMILES string of the molecule is CCCCC#CCCOC(CC)C(=O)OCCCCCBr. The summed E-state index contributed by atoms with van der Waals surface area (Å²) in [6.07, 6.45) is 7.24. The Hall–Kier alpha value is -0.530. The van der Waals surface area contributed by atoms with Crippen LogP contribution in [0.25, 0.3) is 0 Å². The third-order valence-electron chi connectivity index (χ3n) is 2.98. The van der Waals surface area contributed by atoms with Gasteiger partial charge in [-0.2, -0.15) is 0 Å². The van der Waals surface area contributed by atoms with Crippen LogP contribution in [0.15, 0.2) is 0 Å². The van der Waals surface area contributed by atoms with Crippen molar-refractivity contribution < 1.29 is 14.3 Å². The van der Waals surface area contributed by atoms with Crippen molar-refractivity contribution in [1.82, 2.24) is 0 Å². The van der Waals surface area contributed by atoms with Gasteiger partial charge in [-0.25, -0.2) is 4.79 Å². The van der Waals surface area contributed by atoms with E-state index in [-0.39, 0.29) is 5.97 Å². The van der Waals surface area contributed by atoms with E-state index >= 15 is 0 Å². The molecular weight excluding hydrogens is 332 g/mol. The molecule has 0 aliphatic rings. The summed E-state index contributed by atoms with van der Waals surface area (Å²) in [6, 6.07) is 0. The second-order valence-corrected chi connectivity index (χ2v) is 5.68. The molecule has 0 fully saturated rings. The fourth-order valence-corrected chi connectivity index (χ4v) is 2.08. The normalized spacial score (nSPS) is 11.6. The molecule has 1 atom stereocenters. The monoisotopic (exact) mass is 360 g/mol. The Balaban J connectivity index is 3.71. The van der Waals surface area contributed by atoms with Crippen molar-refractivity contribution in [2.45, 2.75) is 71.3 Å². The lowest BCUT2D eigenvalue weighted by atomic mass is 10.2. The highest BCUT2D eigenvalue weighted by molar-refractivity contribution is 9.09. The fraction of sp³-hybridized carbons (Fsp3) is 0.824. The number of alkyl halides is 1. The molecule has 21 heavy (non-hydrogen) atoms. The Labute approximate surface area is 138 Å². The van der Waals surface area contributed by atoms with Crippen LogP contribution in [0.5, 0.6) is 0 Å². The largest absolute Gasteiger partial charge is 0.464 e. The Morgan fingerprint density at radius 1 is 1.05 bits per heavy atom. The Morgan fingerprint density at radius 2 is 1.81 bits per heavy atom. The summed E-state index contributed by atoms with van der Waals surface area (Å²) >= 11 is 3.38. The van der Waals surface area contributed by atoms with Crippen molar-refractivity contribution in [3.8, 4) is 11.8 Å². The number of hydrogen-bond donors (Lipinski definition) is 0. The van der Waals surface area contributed by atoms with Gasteiger partial charge in [0.05, 0.1) is 13.2 Å². The van der Waals surface area contributed by atoms with Gasteiger partial charge >= 0.3 is 5.97 Å².